The summed E-state index contributed by atoms with van der Waals surface area (Å²) in [7, 11) is -3.27. The van der Waals surface area contributed by atoms with Crippen LogP contribution in [0.5, 0.6) is 11.5 Å². The molecule has 4 amide bonds. The molecule has 1 saturated heterocycles. The van der Waals surface area contributed by atoms with Crippen molar-refractivity contribution in [1.29, 1.82) is 0 Å². The molecule has 2 heterocycles. The number of ether oxygens (including phenoxy) is 3. The number of rotatable bonds is 13. The molecule has 1 aliphatic heterocycles. The van der Waals surface area contributed by atoms with Gasteiger partial charge >= 0.3 is 6.09 Å². The maximum atomic E-state index is 14.8. The average Bonchev–Trinajstić information content (AvgIpc) is 3.77. The highest BCUT2D eigenvalue weighted by molar-refractivity contribution is 7.90. The molecule has 17 nitrogen and oxygen atoms in total. The second-order valence-electron chi connectivity index (χ2n) is 17.3. The van der Waals surface area contributed by atoms with Crippen LogP contribution in [-0.2, 0) is 29.1 Å². The van der Waals surface area contributed by atoms with E-state index < -0.39 is 90.0 Å². The Morgan fingerprint density at radius 2 is 1.68 bits per heavy atom. The van der Waals surface area contributed by atoms with Crippen LogP contribution in [0.4, 0.5) is 10.5 Å². The van der Waals surface area contributed by atoms with Gasteiger partial charge in [0, 0.05) is 41.5 Å². The summed E-state index contributed by atoms with van der Waals surface area (Å²) in [5.74, 6) is -2.38. The zero-order chi connectivity index (χ0) is 45.4. The number of amides is 4. The smallest absolute Gasteiger partial charge is 0.408 e. The first-order valence-corrected chi connectivity index (χ1v) is 21.3. The van der Waals surface area contributed by atoms with Gasteiger partial charge in [-0.2, -0.15) is 0 Å². The summed E-state index contributed by atoms with van der Waals surface area (Å²) >= 11 is 0. The lowest BCUT2D eigenvalue weighted by Crippen LogP contribution is -2.60. The molecule has 3 aromatic carbocycles. The van der Waals surface area contributed by atoms with E-state index in [0.29, 0.717) is 28.1 Å². The quantitative estimate of drug-likeness (QED) is 0.0839. The first-order valence-electron chi connectivity index (χ1n) is 19.8. The number of methoxy groups -OCH3 is 1. The maximum absolute atomic E-state index is 14.8. The van der Waals surface area contributed by atoms with Crippen molar-refractivity contribution in [1.82, 2.24) is 25.2 Å². The molecule has 0 spiro atoms. The molecule has 1 saturated carbocycles. The molecule has 2 fully saturated rings. The molecule has 1 aliphatic carbocycles. The van der Waals surface area contributed by atoms with Gasteiger partial charge in [-0.15, -0.1) is 6.58 Å². The van der Waals surface area contributed by atoms with Gasteiger partial charge in [0.2, 0.25) is 11.8 Å². The predicted molar refractivity (Wildman–Crippen MR) is 228 cm³/mol. The van der Waals surface area contributed by atoms with Gasteiger partial charge in [-0.25, -0.2) is 22.9 Å². The number of nitro benzene ring substituents is 1. The van der Waals surface area contributed by atoms with Crippen LogP contribution in [0.15, 0.2) is 96.4 Å². The molecule has 6 rings (SSSR count). The Morgan fingerprint density at radius 1 is 1.00 bits per heavy atom. The first-order chi connectivity index (χ1) is 29.1. The van der Waals surface area contributed by atoms with Crippen LogP contribution in [0.3, 0.4) is 0 Å². The SMILES string of the molecule is C=CC1CC1(NC(=O)C1CC(Oc2cc(-c3ccccc3)nc3cc(OC)ccc23)CN1C(=O)C(NC(=O)OC(C)(C)C)C(C)(C)C)C(=O)NS(=O)(=O)c1ccccc1[N+](=O)[O-]. The second kappa shape index (κ2) is 17.1. The van der Waals surface area contributed by atoms with Crippen LogP contribution in [-0.4, -0.2) is 90.0 Å². The second-order valence-corrected chi connectivity index (χ2v) is 19.0. The van der Waals surface area contributed by atoms with E-state index in [1.807, 2.05) is 35.1 Å². The monoisotopic (exact) mass is 870 g/mol. The van der Waals surface area contributed by atoms with Crippen molar-refractivity contribution in [3.05, 3.63) is 102 Å². The standard InChI is InChI=1S/C44H50N6O11S/c1-9-27-24-44(27,40(53)48-62(57,58)36-18-14-13-17-33(36)50(55)56)47-38(51)34-22-29(25-49(34)39(52)37(42(2,3)4)46-41(54)61-43(5,6)7)60-35-23-31(26-15-11-10-12-16-26)45-32-21-28(59-8)19-20-30(32)35/h9-21,23,27,29,34,37H,1,22,24-25H2,2-8H3,(H,46,54)(H,47,51)(H,48,53). The lowest BCUT2D eigenvalue weighted by atomic mass is 9.85. The number of aromatic nitrogens is 1. The molecule has 1 aromatic heterocycles. The highest BCUT2D eigenvalue weighted by atomic mass is 32.2. The molecule has 18 heteroatoms. The van der Waals surface area contributed by atoms with E-state index >= 15 is 0 Å². The van der Waals surface area contributed by atoms with Crippen LogP contribution in [0.2, 0.25) is 0 Å². The number of benzene rings is 3. The number of hydrogen-bond acceptors (Lipinski definition) is 12. The molecule has 4 aromatic rings. The Kier molecular flexibility index (Phi) is 12.4. The molecule has 3 N–H and O–H groups in total. The normalized spacial score (nSPS) is 20.4. The van der Waals surface area contributed by atoms with E-state index in [1.54, 1.807) is 72.9 Å². The summed E-state index contributed by atoms with van der Waals surface area (Å²) < 4.78 is 46.4. The number of likely N-dealkylation sites (tertiary alicyclic amines) is 1. The van der Waals surface area contributed by atoms with Gasteiger partial charge < -0.3 is 29.7 Å². The lowest BCUT2D eigenvalue weighted by molar-refractivity contribution is -0.387. The van der Waals surface area contributed by atoms with Crippen LogP contribution >= 0.6 is 0 Å². The molecule has 5 unspecified atom stereocenters. The summed E-state index contributed by atoms with van der Waals surface area (Å²) in [6.45, 7) is 13.9. The number of sulfonamides is 1. The molecule has 5 atom stereocenters. The molecular formula is C44H50N6O11S. The zero-order valence-electron chi connectivity index (χ0n) is 35.5. The molecule has 2 aliphatic rings. The first kappa shape index (κ1) is 45.0. The Labute approximate surface area is 359 Å². The van der Waals surface area contributed by atoms with Crippen molar-refractivity contribution in [2.24, 2.45) is 11.3 Å². The number of hydrogen-bond donors (Lipinski definition) is 3. The lowest BCUT2D eigenvalue weighted by Gasteiger charge is -2.36. The van der Waals surface area contributed by atoms with Crippen molar-refractivity contribution in [2.75, 3.05) is 13.7 Å². The number of nitro groups is 1. The number of para-hydroxylation sites is 1. The Hall–Kier alpha value is -6.56. The minimum atomic E-state index is -4.81. The number of nitrogens with zero attached hydrogens (tertiary/aromatic N) is 3. The van der Waals surface area contributed by atoms with Gasteiger partial charge in [0.1, 0.15) is 40.8 Å². The van der Waals surface area contributed by atoms with E-state index in [0.717, 1.165) is 17.7 Å². The number of pyridine rings is 1. The highest BCUT2D eigenvalue weighted by Crippen LogP contribution is 2.45. The van der Waals surface area contributed by atoms with Crippen molar-refractivity contribution in [3.63, 3.8) is 0 Å². The summed E-state index contributed by atoms with van der Waals surface area (Å²) in [6, 6.07) is 18.5. The third-order valence-electron chi connectivity index (χ3n) is 10.6. The topological polar surface area (TPSA) is 225 Å². The number of carbonyl (C=O) groups excluding carboxylic acids is 4. The van der Waals surface area contributed by atoms with E-state index in [-0.39, 0.29) is 19.4 Å². The maximum Gasteiger partial charge on any atom is 0.408 e. The Morgan fingerprint density at radius 3 is 2.29 bits per heavy atom. The Bertz CT molecular complexity index is 2540. The fourth-order valence-corrected chi connectivity index (χ4v) is 8.60. The number of alkyl carbamates (subject to hydrolysis) is 1. The van der Waals surface area contributed by atoms with Crippen molar-refractivity contribution in [2.45, 2.75) is 88.6 Å². The van der Waals surface area contributed by atoms with Crippen LogP contribution < -0.4 is 24.8 Å². The fraction of sp³-hybridized carbons (Fsp3) is 0.386. The fourth-order valence-electron chi connectivity index (χ4n) is 7.39. The number of fused-ring (bicyclic) bond motifs is 1. The van der Waals surface area contributed by atoms with Crippen molar-refractivity contribution >= 4 is 50.4 Å². The molecular weight excluding hydrogens is 821 g/mol. The minimum Gasteiger partial charge on any atom is -0.497 e. The average molecular weight is 871 g/mol. The third kappa shape index (κ3) is 9.64. The summed E-state index contributed by atoms with van der Waals surface area (Å²) in [5.41, 5.74) is -2.44. The largest absolute Gasteiger partial charge is 0.497 e. The van der Waals surface area contributed by atoms with E-state index in [2.05, 4.69) is 17.2 Å². The Balaban J connectivity index is 1.36. The molecule has 0 radical (unpaired) electrons. The highest BCUT2D eigenvalue weighted by Gasteiger charge is 2.62. The van der Waals surface area contributed by atoms with E-state index in [9.17, 15) is 37.7 Å². The molecule has 328 valence electrons. The number of nitrogens with one attached hydrogen (secondary N) is 3. The van der Waals surface area contributed by atoms with Gasteiger partial charge in [0.05, 0.1) is 29.8 Å². The van der Waals surface area contributed by atoms with E-state index in [1.165, 1.54) is 23.1 Å². The summed E-state index contributed by atoms with van der Waals surface area (Å²) in [6.07, 6.45) is -0.443. The predicted octanol–water partition coefficient (Wildman–Crippen LogP) is 5.67. The van der Waals surface area contributed by atoms with Crippen LogP contribution in [0.25, 0.3) is 22.2 Å². The van der Waals surface area contributed by atoms with E-state index in [4.69, 9.17) is 19.2 Å². The van der Waals surface area contributed by atoms with Gasteiger partial charge in [-0.05, 0) is 50.8 Å². The van der Waals surface area contributed by atoms with Crippen molar-refractivity contribution < 1.29 is 46.7 Å². The van der Waals surface area contributed by atoms with Gasteiger partial charge in [-0.1, -0.05) is 69.3 Å². The third-order valence-corrected chi connectivity index (χ3v) is 12.0. The molecule has 0 bridgehead atoms. The van der Waals surface area contributed by atoms with Crippen molar-refractivity contribution in [3.8, 4) is 22.8 Å². The van der Waals surface area contributed by atoms with Gasteiger partial charge in [-0.3, -0.25) is 24.5 Å². The zero-order valence-corrected chi connectivity index (χ0v) is 36.3. The van der Waals surface area contributed by atoms with Gasteiger partial charge in [0.15, 0.2) is 4.90 Å². The summed E-state index contributed by atoms with van der Waals surface area (Å²) in [5, 5.41) is 17.7. The van der Waals surface area contributed by atoms with Crippen LogP contribution in [0.1, 0.15) is 54.4 Å². The minimum absolute atomic E-state index is 0.0549. The summed E-state index contributed by atoms with van der Waals surface area (Å²) in [4.78, 5) is 72.6. The van der Waals surface area contributed by atoms with Gasteiger partial charge in [0.25, 0.3) is 21.6 Å². The van der Waals surface area contributed by atoms with Crippen LogP contribution in [0, 0.1) is 21.4 Å². The number of carbonyl (C=O) groups is 4. The molecule has 62 heavy (non-hydrogen) atoms.